The van der Waals surface area contributed by atoms with Gasteiger partial charge in [0.05, 0.1) is 14.2 Å². The highest BCUT2D eigenvalue weighted by Gasteiger charge is 2.28. The van der Waals surface area contributed by atoms with Gasteiger partial charge in [0.15, 0.2) is 23.0 Å². The fourth-order valence-electron chi connectivity index (χ4n) is 2.71. The smallest absolute Gasteiger partial charge is 0.165 e. The molecule has 2 aromatic carbocycles. The molecule has 3 rings (SSSR count). The zero-order valence-electron chi connectivity index (χ0n) is 12.3. The molecule has 0 spiro atoms. The predicted molar refractivity (Wildman–Crippen MR) is 79.5 cm³/mol. The quantitative estimate of drug-likeness (QED) is 0.939. The Morgan fingerprint density at radius 3 is 2.57 bits per heavy atom. The van der Waals surface area contributed by atoms with Crippen LogP contribution < -0.4 is 14.2 Å². The summed E-state index contributed by atoms with van der Waals surface area (Å²) >= 11 is 0. The van der Waals surface area contributed by atoms with Crippen molar-refractivity contribution >= 4 is 0 Å². The van der Waals surface area contributed by atoms with Gasteiger partial charge in [0.25, 0.3) is 0 Å². The van der Waals surface area contributed by atoms with Crippen LogP contribution in [0.3, 0.4) is 0 Å². The summed E-state index contributed by atoms with van der Waals surface area (Å²) in [5.74, 6) is 2.15. The Balaban J connectivity index is 1.94. The third-order valence-electron chi connectivity index (χ3n) is 3.74. The first kappa shape index (κ1) is 13.6. The second-order valence-corrected chi connectivity index (χ2v) is 5.20. The molecule has 110 valence electrons. The van der Waals surface area contributed by atoms with Crippen molar-refractivity contribution in [2.45, 2.75) is 19.4 Å². The number of hydrogen-bond donors (Lipinski definition) is 1. The number of aryl methyl sites for hydroxylation is 1. The molecule has 0 saturated heterocycles. The maximum atomic E-state index is 9.68. The number of fused-ring (bicyclic) bond motifs is 1. The van der Waals surface area contributed by atoms with Crippen molar-refractivity contribution in [3.63, 3.8) is 0 Å². The van der Waals surface area contributed by atoms with Gasteiger partial charge >= 0.3 is 0 Å². The number of aromatic hydroxyl groups is 1. The Morgan fingerprint density at radius 2 is 1.86 bits per heavy atom. The number of hydrogen-bond acceptors (Lipinski definition) is 4. The molecule has 0 aromatic heterocycles. The molecule has 0 bridgehead atoms. The highest BCUT2D eigenvalue weighted by Crippen LogP contribution is 2.44. The third-order valence-corrected chi connectivity index (χ3v) is 3.74. The van der Waals surface area contributed by atoms with Crippen LogP contribution in [0.15, 0.2) is 30.3 Å². The van der Waals surface area contributed by atoms with Crippen LogP contribution in [0.25, 0.3) is 0 Å². The minimum atomic E-state index is -0.0924. The fourth-order valence-corrected chi connectivity index (χ4v) is 2.71. The first-order valence-electron chi connectivity index (χ1n) is 6.83. The van der Waals surface area contributed by atoms with Crippen LogP contribution in [0.5, 0.6) is 23.0 Å². The van der Waals surface area contributed by atoms with E-state index in [1.54, 1.807) is 13.2 Å². The van der Waals surface area contributed by atoms with Gasteiger partial charge in [-0.15, -0.1) is 0 Å². The molecule has 0 fully saturated rings. The topological polar surface area (TPSA) is 47.9 Å². The maximum absolute atomic E-state index is 9.68. The third kappa shape index (κ3) is 2.37. The lowest BCUT2D eigenvalue weighted by Gasteiger charge is -2.14. The normalized spacial score (nSPS) is 16.2. The summed E-state index contributed by atoms with van der Waals surface area (Å²) in [5, 5.41) is 9.68. The van der Waals surface area contributed by atoms with Gasteiger partial charge in [-0.3, -0.25) is 0 Å². The average Bonchev–Trinajstić information content (AvgIpc) is 2.90. The van der Waals surface area contributed by atoms with Crippen LogP contribution in [0.1, 0.15) is 22.8 Å². The van der Waals surface area contributed by atoms with Crippen LogP contribution in [0.2, 0.25) is 0 Å². The molecular formula is C17H18O4. The highest BCUT2D eigenvalue weighted by molar-refractivity contribution is 5.53. The van der Waals surface area contributed by atoms with Crippen molar-refractivity contribution in [2.75, 3.05) is 14.2 Å². The number of benzene rings is 2. The van der Waals surface area contributed by atoms with Gasteiger partial charge in [0, 0.05) is 12.0 Å². The van der Waals surface area contributed by atoms with Crippen molar-refractivity contribution in [1.29, 1.82) is 0 Å². The molecule has 1 aliphatic heterocycles. The molecule has 1 aliphatic rings. The summed E-state index contributed by atoms with van der Waals surface area (Å²) < 4.78 is 16.6. The molecule has 1 heterocycles. The zero-order chi connectivity index (χ0) is 15.0. The van der Waals surface area contributed by atoms with E-state index >= 15 is 0 Å². The molecular weight excluding hydrogens is 268 g/mol. The Hall–Kier alpha value is -2.36. The van der Waals surface area contributed by atoms with Gasteiger partial charge in [0.1, 0.15) is 6.10 Å². The van der Waals surface area contributed by atoms with Gasteiger partial charge in [-0.05, 0) is 36.2 Å². The van der Waals surface area contributed by atoms with Gasteiger partial charge in [-0.25, -0.2) is 0 Å². The molecule has 1 atom stereocenters. The summed E-state index contributed by atoms with van der Waals surface area (Å²) in [5.41, 5.74) is 3.27. The molecule has 0 radical (unpaired) electrons. The molecule has 0 saturated carbocycles. The molecule has 2 aromatic rings. The predicted octanol–water partition coefficient (Wildman–Crippen LogP) is 3.39. The summed E-state index contributed by atoms with van der Waals surface area (Å²) in [6.45, 7) is 2.04. The average molecular weight is 286 g/mol. The second-order valence-electron chi connectivity index (χ2n) is 5.20. The van der Waals surface area contributed by atoms with Gasteiger partial charge in [-0.2, -0.15) is 0 Å². The van der Waals surface area contributed by atoms with Crippen LogP contribution in [0, 0.1) is 6.92 Å². The lowest BCUT2D eigenvalue weighted by molar-refractivity contribution is 0.228. The Bertz CT molecular complexity index is 679. The second kappa shape index (κ2) is 5.20. The molecule has 4 heteroatoms. The van der Waals surface area contributed by atoms with Crippen molar-refractivity contribution < 1.29 is 19.3 Å². The van der Waals surface area contributed by atoms with Crippen molar-refractivity contribution in [2.24, 2.45) is 0 Å². The number of phenolic OH excluding ortho intramolecular Hbond substituents is 1. The molecule has 21 heavy (non-hydrogen) atoms. The number of rotatable bonds is 3. The SMILES string of the molecule is COc1cc(C2Cc3cc(C)cc(OC)c3O2)ccc1O. The first-order valence-corrected chi connectivity index (χ1v) is 6.83. The van der Waals surface area contributed by atoms with Gasteiger partial charge in [0.2, 0.25) is 0 Å². The summed E-state index contributed by atoms with van der Waals surface area (Å²) in [4.78, 5) is 0. The highest BCUT2D eigenvalue weighted by atomic mass is 16.5. The van der Waals surface area contributed by atoms with Crippen LogP contribution in [0.4, 0.5) is 0 Å². The van der Waals surface area contributed by atoms with E-state index in [9.17, 15) is 5.11 Å². The summed E-state index contributed by atoms with van der Waals surface area (Å²) in [6.07, 6.45) is 0.687. The Kier molecular flexibility index (Phi) is 3.37. The molecule has 4 nitrogen and oxygen atoms in total. The van der Waals surface area contributed by atoms with E-state index in [1.165, 1.54) is 7.11 Å². The van der Waals surface area contributed by atoms with Gasteiger partial charge in [-0.1, -0.05) is 12.1 Å². The summed E-state index contributed by atoms with van der Waals surface area (Å²) in [6, 6.07) is 9.38. The van der Waals surface area contributed by atoms with Crippen molar-refractivity contribution in [3.05, 3.63) is 47.0 Å². The van der Waals surface area contributed by atoms with Crippen LogP contribution >= 0.6 is 0 Å². The number of methoxy groups -OCH3 is 2. The van der Waals surface area contributed by atoms with E-state index in [1.807, 2.05) is 25.1 Å². The van der Waals surface area contributed by atoms with E-state index in [4.69, 9.17) is 14.2 Å². The minimum absolute atomic E-state index is 0.0924. The maximum Gasteiger partial charge on any atom is 0.165 e. The van der Waals surface area contributed by atoms with Gasteiger partial charge < -0.3 is 19.3 Å². The zero-order valence-corrected chi connectivity index (χ0v) is 12.3. The molecule has 0 aliphatic carbocycles. The van der Waals surface area contributed by atoms with Crippen molar-refractivity contribution in [3.8, 4) is 23.0 Å². The van der Waals surface area contributed by atoms with E-state index in [0.717, 1.165) is 34.6 Å². The first-order chi connectivity index (χ1) is 10.1. The monoisotopic (exact) mass is 286 g/mol. The van der Waals surface area contributed by atoms with E-state index in [-0.39, 0.29) is 11.9 Å². The lowest BCUT2D eigenvalue weighted by Crippen LogP contribution is -2.03. The summed E-state index contributed by atoms with van der Waals surface area (Å²) in [7, 11) is 3.19. The largest absolute Gasteiger partial charge is 0.504 e. The molecule has 0 amide bonds. The molecule has 1 unspecified atom stereocenters. The number of phenols is 1. The van der Waals surface area contributed by atoms with E-state index < -0.39 is 0 Å². The minimum Gasteiger partial charge on any atom is -0.504 e. The van der Waals surface area contributed by atoms with E-state index in [2.05, 4.69) is 6.07 Å². The number of ether oxygens (including phenoxy) is 3. The Labute approximate surface area is 123 Å². The fraction of sp³-hybridized carbons (Fsp3) is 0.294. The van der Waals surface area contributed by atoms with Crippen LogP contribution in [-0.2, 0) is 6.42 Å². The standard InChI is InChI=1S/C17H18O4/c1-10-6-12-9-14(21-17(12)16(7-10)20-3)11-4-5-13(18)15(8-11)19-2/h4-8,14,18H,9H2,1-3H3. The van der Waals surface area contributed by atoms with E-state index in [0.29, 0.717) is 5.75 Å². The Morgan fingerprint density at radius 1 is 1.10 bits per heavy atom. The lowest BCUT2D eigenvalue weighted by atomic mass is 10.0. The van der Waals surface area contributed by atoms with Crippen molar-refractivity contribution in [1.82, 2.24) is 0 Å². The van der Waals surface area contributed by atoms with Crippen LogP contribution in [-0.4, -0.2) is 19.3 Å². The molecule has 1 N–H and O–H groups in total.